The minimum atomic E-state index is -2.07. The molecule has 0 N–H and O–H groups in total. The van der Waals surface area contributed by atoms with Gasteiger partial charge in [0.1, 0.15) is 6.61 Å². The molecule has 0 unspecified atom stereocenters. The highest BCUT2D eigenvalue weighted by atomic mass is 28.4. The Labute approximate surface area is 170 Å². The number of hydrogen-bond donors (Lipinski definition) is 0. The molecular weight excluding hydrogens is 370 g/mol. The van der Waals surface area contributed by atoms with Crippen molar-refractivity contribution in [3.8, 4) is 0 Å². The van der Waals surface area contributed by atoms with Crippen molar-refractivity contribution < 1.29 is 18.8 Å². The number of cyclic esters (lactones) is 1. The molecule has 1 aliphatic heterocycles. The van der Waals surface area contributed by atoms with Gasteiger partial charge in [0, 0.05) is 0 Å². The first-order valence-electron chi connectivity index (χ1n) is 10.0. The molecule has 0 spiro atoms. The Morgan fingerprint density at radius 2 is 1.79 bits per heavy atom. The van der Waals surface area contributed by atoms with Gasteiger partial charge in [0.05, 0.1) is 17.6 Å². The van der Waals surface area contributed by atoms with Crippen LogP contribution in [0.4, 0.5) is 4.79 Å². The summed E-state index contributed by atoms with van der Waals surface area (Å²) >= 11 is 0. The molecule has 0 aromatic heterocycles. The van der Waals surface area contributed by atoms with Crippen molar-refractivity contribution in [2.75, 3.05) is 6.61 Å². The maximum Gasteiger partial charge on any atom is 0.416 e. The maximum absolute atomic E-state index is 13.3. The quantitative estimate of drug-likeness (QED) is 0.624. The fraction of sp³-hybridized carbons (Fsp3) is 0.636. The molecule has 28 heavy (non-hydrogen) atoms. The predicted molar refractivity (Wildman–Crippen MR) is 114 cm³/mol. The Morgan fingerprint density at radius 3 is 2.32 bits per heavy atom. The lowest BCUT2D eigenvalue weighted by atomic mass is 9.91. The Hall–Kier alpha value is -1.66. The van der Waals surface area contributed by atoms with Gasteiger partial charge in [0.15, 0.2) is 8.32 Å². The highest BCUT2D eigenvalue weighted by Gasteiger charge is 2.48. The summed E-state index contributed by atoms with van der Waals surface area (Å²) < 4.78 is 11.8. The highest BCUT2D eigenvalue weighted by Crippen LogP contribution is 2.41. The molecule has 2 amide bonds. The molecule has 2 atom stereocenters. The summed E-state index contributed by atoms with van der Waals surface area (Å²) in [6.07, 6.45) is 0.0371. The van der Waals surface area contributed by atoms with Crippen molar-refractivity contribution >= 4 is 20.3 Å². The maximum atomic E-state index is 13.3. The number of benzene rings is 1. The van der Waals surface area contributed by atoms with Crippen molar-refractivity contribution in [2.45, 2.75) is 77.7 Å². The van der Waals surface area contributed by atoms with E-state index in [9.17, 15) is 9.59 Å². The molecule has 1 aromatic rings. The first kappa shape index (κ1) is 22.6. The predicted octanol–water partition coefficient (Wildman–Crippen LogP) is 5.01. The molecule has 1 fully saturated rings. The van der Waals surface area contributed by atoms with Crippen LogP contribution in [0.2, 0.25) is 18.1 Å². The SMILES string of the molecule is C[C@H](C(=O)N1C(=O)OC[C@H]1Cc1ccccc1)C(C)(C)O[Si](C)(C)C(C)(C)C. The van der Waals surface area contributed by atoms with Crippen LogP contribution < -0.4 is 0 Å². The molecule has 0 radical (unpaired) electrons. The van der Waals surface area contributed by atoms with E-state index in [-0.39, 0.29) is 23.6 Å². The molecule has 156 valence electrons. The van der Waals surface area contributed by atoms with Gasteiger partial charge in [0.2, 0.25) is 5.91 Å². The lowest BCUT2D eigenvalue weighted by molar-refractivity contribution is -0.139. The molecule has 0 saturated carbocycles. The standard InChI is InChI=1S/C22H35NO4Si/c1-16(22(5,6)27-28(7,8)21(2,3)4)19(24)23-18(15-26-20(23)25)14-17-12-10-9-11-13-17/h9-13,16,18H,14-15H2,1-8H3/t16-,18-/m1/s1. The number of carbonyl (C=O) groups excluding carboxylic acids is 2. The van der Waals surface area contributed by atoms with Crippen LogP contribution in [0.25, 0.3) is 0 Å². The molecule has 0 bridgehead atoms. The average molecular weight is 406 g/mol. The molecule has 1 aromatic carbocycles. The molecule has 6 heteroatoms. The average Bonchev–Trinajstić information content (AvgIpc) is 2.93. The van der Waals surface area contributed by atoms with Crippen molar-refractivity contribution in [3.63, 3.8) is 0 Å². The number of hydrogen-bond acceptors (Lipinski definition) is 4. The smallest absolute Gasteiger partial charge is 0.416 e. The summed E-state index contributed by atoms with van der Waals surface area (Å²) in [4.78, 5) is 26.9. The number of ether oxygens (including phenoxy) is 1. The monoisotopic (exact) mass is 405 g/mol. The first-order valence-corrected chi connectivity index (χ1v) is 12.9. The number of nitrogens with zero attached hydrogens (tertiary/aromatic N) is 1. The minimum Gasteiger partial charge on any atom is -0.447 e. The summed E-state index contributed by atoms with van der Waals surface area (Å²) in [5.74, 6) is -0.697. The van der Waals surface area contributed by atoms with E-state index in [1.54, 1.807) is 0 Å². The lowest BCUT2D eigenvalue weighted by Crippen LogP contribution is -2.54. The fourth-order valence-electron chi connectivity index (χ4n) is 3.17. The second-order valence-corrected chi connectivity index (χ2v) is 14.5. The van der Waals surface area contributed by atoms with E-state index in [0.717, 1.165) is 5.56 Å². The number of carbonyl (C=O) groups is 2. The van der Waals surface area contributed by atoms with Crippen LogP contribution in [0.1, 0.15) is 47.1 Å². The van der Waals surface area contributed by atoms with Gasteiger partial charge in [-0.25, -0.2) is 9.69 Å². The van der Waals surface area contributed by atoms with Crippen molar-refractivity contribution in [2.24, 2.45) is 5.92 Å². The second kappa shape index (κ2) is 7.99. The van der Waals surface area contributed by atoms with Gasteiger partial charge >= 0.3 is 6.09 Å². The van der Waals surface area contributed by atoms with E-state index < -0.39 is 25.9 Å². The molecular formula is C22H35NO4Si. The fourth-order valence-corrected chi connectivity index (χ4v) is 4.97. The Bertz CT molecular complexity index is 709. The third kappa shape index (κ3) is 4.84. The third-order valence-electron chi connectivity index (χ3n) is 6.25. The number of rotatable bonds is 6. The third-order valence-corrected chi connectivity index (χ3v) is 10.9. The number of imide groups is 1. The molecule has 1 aliphatic rings. The molecule has 2 rings (SSSR count). The van der Waals surface area contributed by atoms with E-state index in [2.05, 4.69) is 33.9 Å². The minimum absolute atomic E-state index is 0.0372. The zero-order valence-electron chi connectivity index (χ0n) is 18.5. The van der Waals surface area contributed by atoms with Gasteiger partial charge in [-0.3, -0.25) is 4.79 Å². The van der Waals surface area contributed by atoms with Gasteiger partial charge in [-0.2, -0.15) is 0 Å². The molecule has 1 saturated heterocycles. The van der Waals surface area contributed by atoms with E-state index in [4.69, 9.17) is 9.16 Å². The van der Waals surface area contributed by atoms with Crippen LogP contribution in [0.15, 0.2) is 30.3 Å². The first-order chi connectivity index (χ1) is 12.8. The van der Waals surface area contributed by atoms with Crippen LogP contribution in [-0.2, 0) is 20.4 Å². The van der Waals surface area contributed by atoms with Crippen molar-refractivity contribution in [1.29, 1.82) is 0 Å². The van der Waals surface area contributed by atoms with Gasteiger partial charge in [-0.1, -0.05) is 58.0 Å². The Morgan fingerprint density at radius 1 is 1.21 bits per heavy atom. The van der Waals surface area contributed by atoms with E-state index in [1.165, 1.54) is 4.90 Å². The van der Waals surface area contributed by atoms with E-state index >= 15 is 0 Å². The summed E-state index contributed by atoms with van der Waals surface area (Å²) in [5.41, 5.74) is 0.397. The Balaban J connectivity index is 2.18. The molecule has 0 aliphatic carbocycles. The Kier molecular flexibility index (Phi) is 6.46. The van der Waals surface area contributed by atoms with Gasteiger partial charge < -0.3 is 9.16 Å². The van der Waals surface area contributed by atoms with Crippen LogP contribution >= 0.6 is 0 Å². The van der Waals surface area contributed by atoms with Crippen LogP contribution in [-0.4, -0.2) is 43.5 Å². The van der Waals surface area contributed by atoms with Gasteiger partial charge in [-0.05, 0) is 44.0 Å². The van der Waals surface area contributed by atoms with Gasteiger partial charge in [-0.15, -0.1) is 0 Å². The van der Waals surface area contributed by atoms with Crippen molar-refractivity contribution in [3.05, 3.63) is 35.9 Å². The summed E-state index contributed by atoms with van der Waals surface area (Å²) in [6.45, 7) is 16.9. The van der Waals surface area contributed by atoms with E-state index in [1.807, 2.05) is 51.1 Å². The van der Waals surface area contributed by atoms with Crippen LogP contribution in [0.3, 0.4) is 0 Å². The van der Waals surface area contributed by atoms with Crippen LogP contribution in [0, 0.1) is 5.92 Å². The summed E-state index contributed by atoms with van der Waals surface area (Å²) in [7, 11) is -2.07. The molecule has 1 heterocycles. The normalized spacial score (nSPS) is 19.5. The largest absolute Gasteiger partial charge is 0.447 e. The lowest BCUT2D eigenvalue weighted by Gasteiger charge is -2.45. The summed E-state index contributed by atoms with van der Waals surface area (Å²) in [6, 6.07) is 9.58. The van der Waals surface area contributed by atoms with E-state index in [0.29, 0.717) is 6.42 Å². The zero-order chi connectivity index (χ0) is 21.3. The summed E-state index contributed by atoms with van der Waals surface area (Å²) in [5, 5.41) is 0.0372. The topological polar surface area (TPSA) is 55.8 Å². The van der Waals surface area contributed by atoms with Gasteiger partial charge in [0.25, 0.3) is 0 Å². The van der Waals surface area contributed by atoms with Crippen molar-refractivity contribution in [1.82, 2.24) is 4.90 Å². The zero-order valence-corrected chi connectivity index (χ0v) is 19.5. The molecule has 5 nitrogen and oxygen atoms in total. The van der Waals surface area contributed by atoms with Crippen LogP contribution in [0.5, 0.6) is 0 Å². The number of amides is 2. The second-order valence-electron chi connectivity index (χ2n) is 9.82. The highest BCUT2D eigenvalue weighted by molar-refractivity contribution is 6.74.